The van der Waals surface area contributed by atoms with Crippen molar-refractivity contribution >= 4 is 0 Å². The molecule has 5 nitrogen and oxygen atoms in total. The van der Waals surface area contributed by atoms with Gasteiger partial charge in [0.25, 0.3) is 0 Å². The maximum absolute atomic E-state index is 10.6. The number of nitrogens with zero attached hydrogens (tertiary/aromatic N) is 1. The maximum Gasteiger partial charge on any atom is 0.163 e. The van der Waals surface area contributed by atoms with E-state index in [9.17, 15) is 10.2 Å². The van der Waals surface area contributed by atoms with Crippen molar-refractivity contribution in [2.75, 3.05) is 13.2 Å². The average Bonchev–Trinajstić information content (AvgIpc) is 2.81. The topological polar surface area (TPSA) is 62.2 Å². The number of benzene rings is 1. The zero-order valence-corrected chi connectivity index (χ0v) is 13.3. The van der Waals surface area contributed by atoms with E-state index < -0.39 is 11.9 Å². The van der Waals surface area contributed by atoms with Crippen LogP contribution in [0.3, 0.4) is 0 Å². The summed E-state index contributed by atoms with van der Waals surface area (Å²) in [6, 6.07) is 9.62. The molecule has 3 rings (SSSR count). The molecule has 2 aliphatic heterocycles. The van der Waals surface area contributed by atoms with Crippen LogP contribution in [0.1, 0.15) is 32.4 Å². The average molecular weight is 307 g/mol. The van der Waals surface area contributed by atoms with Crippen LogP contribution in [0.4, 0.5) is 0 Å². The molecule has 0 amide bonds. The van der Waals surface area contributed by atoms with Crippen molar-refractivity contribution in [3.05, 3.63) is 35.9 Å². The van der Waals surface area contributed by atoms with Crippen molar-refractivity contribution < 1.29 is 19.7 Å². The maximum atomic E-state index is 10.6. The van der Waals surface area contributed by atoms with Gasteiger partial charge in [0.05, 0.1) is 18.8 Å². The lowest BCUT2D eigenvalue weighted by Gasteiger charge is -2.45. The Hall–Kier alpha value is -0.980. The first-order valence-electron chi connectivity index (χ1n) is 7.88. The van der Waals surface area contributed by atoms with Crippen LogP contribution in [-0.4, -0.2) is 58.4 Å². The molecular weight excluding hydrogens is 282 g/mol. The highest BCUT2D eigenvalue weighted by Crippen LogP contribution is 2.38. The molecule has 0 aliphatic carbocycles. The van der Waals surface area contributed by atoms with E-state index in [2.05, 4.69) is 4.90 Å². The number of aliphatic hydroxyl groups excluding tert-OH is 2. The normalized spacial score (nSPS) is 36.0. The van der Waals surface area contributed by atoms with Gasteiger partial charge in [-0.15, -0.1) is 0 Å². The van der Waals surface area contributed by atoms with Gasteiger partial charge in [-0.3, -0.25) is 4.90 Å². The zero-order chi connectivity index (χ0) is 15.9. The van der Waals surface area contributed by atoms with Crippen molar-refractivity contribution in [3.63, 3.8) is 0 Å². The van der Waals surface area contributed by atoms with Crippen LogP contribution in [-0.2, 0) is 9.47 Å². The predicted molar refractivity (Wildman–Crippen MR) is 82.3 cm³/mol. The van der Waals surface area contributed by atoms with Gasteiger partial charge in [0.2, 0.25) is 0 Å². The van der Waals surface area contributed by atoms with E-state index in [-0.39, 0.29) is 30.9 Å². The molecule has 22 heavy (non-hydrogen) atoms. The molecule has 0 saturated carbocycles. The molecule has 5 atom stereocenters. The molecule has 2 saturated heterocycles. The lowest BCUT2D eigenvalue weighted by Crippen LogP contribution is -2.60. The summed E-state index contributed by atoms with van der Waals surface area (Å²) < 4.78 is 11.8. The Labute approximate surface area is 131 Å². The van der Waals surface area contributed by atoms with Crippen molar-refractivity contribution in [2.45, 2.75) is 57.0 Å². The molecule has 2 aliphatic rings. The van der Waals surface area contributed by atoms with Gasteiger partial charge in [-0.05, 0) is 26.3 Å². The molecule has 122 valence electrons. The summed E-state index contributed by atoms with van der Waals surface area (Å²) in [5, 5.41) is 20.5. The molecule has 2 N–H and O–H groups in total. The van der Waals surface area contributed by atoms with Crippen molar-refractivity contribution in [3.8, 4) is 0 Å². The summed E-state index contributed by atoms with van der Waals surface area (Å²) in [7, 11) is 0. The Morgan fingerprint density at radius 2 is 1.95 bits per heavy atom. The third kappa shape index (κ3) is 2.79. The number of ether oxygens (including phenoxy) is 2. The Kier molecular flexibility index (Phi) is 4.27. The SMILES string of the molecule is C[C@H]1[C@H](O)[C@H]2OC(C)(C)O[C@H]2CN1[C@H](CO)c1ccccc1. The van der Waals surface area contributed by atoms with Gasteiger partial charge < -0.3 is 19.7 Å². The van der Waals surface area contributed by atoms with Gasteiger partial charge in [0.15, 0.2) is 5.79 Å². The number of hydrogen-bond acceptors (Lipinski definition) is 5. The van der Waals surface area contributed by atoms with Crippen LogP contribution < -0.4 is 0 Å². The molecule has 5 heteroatoms. The minimum absolute atomic E-state index is 0.00269. The molecule has 0 radical (unpaired) electrons. The lowest BCUT2D eigenvalue weighted by molar-refractivity contribution is -0.154. The standard InChI is InChI=1S/C17H25NO4/c1-11-15(20)16-14(21-17(2,3)22-16)9-18(11)13(10-19)12-7-5-4-6-8-12/h4-8,11,13-16,19-20H,9-10H2,1-3H3/t11-,13+,14-,15-,16-/m0/s1. The van der Waals surface area contributed by atoms with E-state index in [1.54, 1.807) is 0 Å². The van der Waals surface area contributed by atoms with Crippen LogP contribution >= 0.6 is 0 Å². The molecule has 1 aromatic carbocycles. The Bertz CT molecular complexity index is 507. The van der Waals surface area contributed by atoms with Gasteiger partial charge in [-0.25, -0.2) is 0 Å². The molecular formula is C17H25NO4. The Morgan fingerprint density at radius 1 is 1.27 bits per heavy atom. The summed E-state index contributed by atoms with van der Waals surface area (Å²) in [6.07, 6.45) is -1.13. The summed E-state index contributed by atoms with van der Waals surface area (Å²) >= 11 is 0. The van der Waals surface area contributed by atoms with Gasteiger partial charge in [0, 0.05) is 12.6 Å². The molecule has 2 fully saturated rings. The second-order valence-electron chi connectivity index (χ2n) is 6.68. The number of likely N-dealkylation sites (tertiary alicyclic amines) is 1. The first kappa shape index (κ1) is 15.9. The highest BCUT2D eigenvalue weighted by molar-refractivity contribution is 5.20. The number of piperidine rings is 1. The van der Waals surface area contributed by atoms with Crippen LogP contribution in [0.5, 0.6) is 0 Å². The number of aliphatic hydroxyl groups is 2. The lowest BCUT2D eigenvalue weighted by atomic mass is 9.92. The van der Waals surface area contributed by atoms with Crippen LogP contribution in [0.15, 0.2) is 30.3 Å². The molecule has 0 unspecified atom stereocenters. The van der Waals surface area contributed by atoms with E-state index in [0.29, 0.717) is 6.54 Å². The number of hydrogen-bond donors (Lipinski definition) is 2. The fourth-order valence-corrected chi connectivity index (χ4v) is 3.63. The Balaban J connectivity index is 1.85. The first-order valence-corrected chi connectivity index (χ1v) is 7.88. The minimum atomic E-state index is -0.673. The largest absolute Gasteiger partial charge is 0.394 e. The Morgan fingerprint density at radius 3 is 2.59 bits per heavy atom. The summed E-state index contributed by atoms with van der Waals surface area (Å²) in [6.45, 7) is 6.35. The number of fused-ring (bicyclic) bond motifs is 1. The zero-order valence-electron chi connectivity index (χ0n) is 13.3. The monoisotopic (exact) mass is 307 g/mol. The fourth-order valence-electron chi connectivity index (χ4n) is 3.63. The molecule has 0 aromatic heterocycles. The van der Waals surface area contributed by atoms with Crippen LogP contribution in [0, 0.1) is 0 Å². The van der Waals surface area contributed by atoms with E-state index >= 15 is 0 Å². The third-order valence-electron chi connectivity index (χ3n) is 4.72. The van der Waals surface area contributed by atoms with Gasteiger partial charge in [0.1, 0.15) is 12.2 Å². The molecule has 1 aromatic rings. The first-order chi connectivity index (χ1) is 10.4. The van der Waals surface area contributed by atoms with Gasteiger partial charge in [-0.2, -0.15) is 0 Å². The number of rotatable bonds is 3. The molecule has 0 spiro atoms. The van der Waals surface area contributed by atoms with Gasteiger partial charge >= 0.3 is 0 Å². The third-order valence-corrected chi connectivity index (χ3v) is 4.72. The van der Waals surface area contributed by atoms with E-state index in [0.717, 1.165) is 5.56 Å². The van der Waals surface area contributed by atoms with Gasteiger partial charge in [-0.1, -0.05) is 30.3 Å². The van der Waals surface area contributed by atoms with E-state index in [1.165, 1.54) is 0 Å². The minimum Gasteiger partial charge on any atom is -0.394 e. The molecule has 0 bridgehead atoms. The highest BCUT2D eigenvalue weighted by Gasteiger charge is 2.52. The summed E-state index contributed by atoms with van der Waals surface area (Å²) in [4.78, 5) is 2.12. The van der Waals surface area contributed by atoms with Crippen LogP contribution in [0.25, 0.3) is 0 Å². The smallest absolute Gasteiger partial charge is 0.163 e. The van der Waals surface area contributed by atoms with Crippen LogP contribution in [0.2, 0.25) is 0 Å². The molecule has 2 heterocycles. The summed E-state index contributed by atoms with van der Waals surface area (Å²) in [5.41, 5.74) is 1.04. The predicted octanol–water partition coefficient (Wildman–Crippen LogP) is 1.31. The fraction of sp³-hybridized carbons (Fsp3) is 0.647. The van der Waals surface area contributed by atoms with Crippen molar-refractivity contribution in [1.82, 2.24) is 4.90 Å². The van der Waals surface area contributed by atoms with E-state index in [4.69, 9.17) is 9.47 Å². The quantitative estimate of drug-likeness (QED) is 0.881. The van der Waals surface area contributed by atoms with E-state index in [1.807, 2.05) is 51.1 Å². The van der Waals surface area contributed by atoms with Crippen molar-refractivity contribution in [2.24, 2.45) is 0 Å². The summed E-state index contributed by atoms with van der Waals surface area (Å²) in [5.74, 6) is -0.673. The van der Waals surface area contributed by atoms with Crippen molar-refractivity contribution in [1.29, 1.82) is 0 Å². The highest BCUT2D eigenvalue weighted by atomic mass is 16.8. The second-order valence-corrected chi connectivity index (χ2v) is 6.68. The second kappa shape index (κ2) is 5.91.